The second-order valence-electron chi connectivity index (χ2n) is 9.70. The quantitative estimate of drug-likeness (QED) is 0.266. The number of hydrogen-bond acceptors (Lipinski definition) is 9. The van der Waals surface area contributed by atoms with Crippen LogP contribution < -0.4 is 11.5 Å². The zero-order valence-corrected chi connectivity index (χ0v) is 19.1. The molecule has 35 heavy (non-hydrogen) atoms. The summed E-state index contributed by atoms with van der Waals surface area (Å²) in [5, 5.41) is 45.7. The van der Waals surface area contributed by atoms with E-state index in [4.69, 9.17) is 11.5 Å². The van der Waals surface area contributed by atoms with Crippen molar-refractivity contribution in [1.82, 2.24) is 4.90 Å². The number of phenolic OH excluding ortho intramolecular Hbond substituents is 1. The highest BCUT2D eigenvalue weighted by atomic mass is 16.3. The zero-order chi connectivity index (χ0) is 25.6. The molecule has 1 saturated carbocycles. The number of carbonyl (C=O) groups is 3. The maximum Gasteiger partial charge on any atom is 0.255 e. The predicted molar refractivity (Wildman–Crippen MR) is 126 cm³/mol. The Kier molecular flexibility index (Phi) is 4.77. The number of anilines is 1. The first kappa shape index (κ1) is 22.9. The number of primary amides is 1. The Morgan fingerprint density at radius 2 is 1.83 bits per heavy atom. The summed E-state index contributed by atoms with van der Waals surface area (Å²) in [6, 6.07) is 5.54. The number of hydrogen-bond donors (Lipinski definition) is 6. The zero-order valence-electron chi connectivity index (χ0n) is 19.1. The Hall–Kier alpha value is -3.89. The SMILES string of the molecule is CN(C)[C@@H]1C(=O)C(C(N)=O)=C(O)[C@@]2(O)C(=O)C3=C(O)c4c(cc5cc(N)ccc5c4O)C[C@H]3C[C@@H]12. The van der Waals surface area contributed by atoms with E-state index in [1.54, 1.807) is 38.4 Å². The van der Waals surface area contributed by atoms with E-state index in [1.807, 2.05) is 0 Å². The fourth-order valence-electron chi connectivity index (χ4n) is 6.04. The Morgan fingerprint density at radius 3 is 2.46 bits per heavy atom. The summed E-state index contributed by atoms with van der Waals surface area (Å²) < 4.78 is 0. The molecule has 0 saturated heterocycles. The molecule has 0 spiro atoms. The molecule has 8 N–H and O–H groups in total. The summed E-state index contributed by atoms with van der Waals surface area (Å²) in [7, 11) is 3.12. The molecule has 0 unspecified atom stereocenters. The summed E-state index contributed by atoms with van der Waals surface area (Å²) in [6.45, 7) is 0. The molecule has 2 aromatic rings. The van der Waals surface area contributed by atoms with E-state index >= 15 is 0 Å². The van der Waals surface area contributed by atoms with E-state index in [-0.39, 0.29) is 29.7 Å². The number of nitrogens with two attached hydrogens (primary N) is 2. The minimum Gasteiger partial charge on any atom is -0.508 e. The summed E-state index contributed by atoms with van der Waals surface area (Å²) in [5.74, 6) is -6.67. The van der Waals surface area contributed by atoms with E-state index in [2.05, 4.69) is 0 Å². The number of fused-ring (bicyclic) bond motifs is 4. The summed E-state index contributed by atoms with van der Waals surface area (Å²) >= 11 is 0. The molecule has 0 heterocycles. The average Bonchev–Trinajstić information content (AvgIpc) is 2.75. The molecule has 0 radical (unpaired) electrons. The number of nitrogens with zero attached hydrogens (tertiary/aromatic N) is 1. The van der Waals surface area contributed by atoms with Crippen LogP contribution >= 0.6 is 0 Å². The van der Waals surface area contributed by atoms with Crippen molar-refractivity contribution >= 4 is 39.7 Å². The van der Waals surface area contributed by atoms with E-state index in [0.717, 1.165) is 0 Å². The van der Waals surface area contributed by atoms with Crippen molar-refractivity contribution in [3.63, 3.8) is 0 Å². The minimum atomic E-state index is -2.65. The lowest BCUT2D eigenvalue weighted by Crippen LogP contribution is -2.65. The molecule has 10 nitrogen and oxygen atoms in total. The van der Waals surface area contributed by atoms with Crippen molar-refractivity contribution in [2.24, 2.45) is 17.6 Å². The topological polar surface area (TPSA) is 187 Å². The second-order valence-corrected chi connectivity index (χ2v) is 9.70. The molecule has 0 aliphatic heterocycles. The number of carbonyl (C=O) groups excluding carboxylic acids is 3. The predicted octanol–water partition coefficient (Wildman–Crippen LogP) is 0.699. The fraction of sp³-hybridized carbons (Fsp3) is 0.320. The number of rotatable bonds is 2. The van der Waals surface area contributed by atoms with Crippen LogP contribution in [0.25, 0.3) is 16.5 Å². The Bertz CT molecular complexity index is 1420. The number of nitrogen functional groups attached to an aromatic ring is 1. The maximum absolute atomic E-state index is 13.8. The van der Waals surface area contributed by atoms with Crippen LogP contribution in [0.2, 0.25) is 0 Å². The maximum atomic E-state index is 13.8. The Labute approximate surface area is 199 Å². The number of Topliss-reactive ketones (excluding diaryl/α,β-unsaturated/α-hetero) is 2. The molecule has 2 aromatic carbocycles. The van der Waals surface area contributed by atoms with Gasteiger partial charge >= 0.3 is 0 Å². The van der Waals surface area contributed by atoms with Gasteiger partial charge in [-0.25, -0.2) is 0 Å². The summed E-state index contributed by atoms with van der Waals surface area (Å²) in [5.41, 5.74) is 8.66. The van der Waals surface area contributed by atoms with Gasteiger partial charge in [-0.2, -0.15) is 0 Å². The number of likely N-dealkylation sites (N-methyl/N-ethyl adjacent to an activating group) is 1. The smallest absolute Gasteiger partial charge is 0.255 e. The number of aromatic hydroxyl groups is 1. The third kappa shape index (κ3) is 2.87. The van der Waals surface area contributed by atoms with Crippen molar-refractivity contribution in [3.8, 4) is 5.75 Å². The lowest BCUT2D eigenvalue weighted by molar-refractivity contribution is -0.153. The molecule has 0 bridgehead atoms. The van der Waals surface area contributed by atoms with Crippen molar-refractivity contribution < 1.29 is 34.8 Å². The van der Waals surface area contributed by atoms with Crippen LogP contribution in [0.1, 0.15) is 17.5 Å². The van der Waals surface area contributed by atoms with E-state index in [1.165, 1.54) is 4.90 Å². The van der Waals surface area contributed by atoms with Gasteiger partial charge in [-0.15, -0.1) is 0 Å². The molecule has 1 amide bonds. The molecular weight excluding hydrogens is 454 g/mol. The molecule has 182 valence electrons. The lowest BCUT2D eigenvalue weighted by Gasteiger charge is -2.50. The minimum absolute atomic E-state index is 0.0431. The number of aliphatic hydroxyl groups is 3. The van der Waals surface area contributed by atoms with Crippen LogP contribution in [-0.2, 0) is 20.8 Å². The number of benzene rings is 2. The van der Waals surface area contributed by atoms with Gasteiger partial charge in [0.15, 0.2) is 11.4 Å². The van der Waals surface area contributed by atoms with Gasteiger partial charge in [0.25, 0.3) is 5.91 Å². The van der Waals surface area contributed by atoms with Crippen LogP contribution in [0.3, 0.4) is 0 Å². The van der Waals surface area contributed by atoms with Crippen LogP contribution in [-0.4, -0.2) is 68.5 Å². The highest BCUT2D eigenvalue weighted by molar-refractivity contribution is 6.24. The number of ketones is 2. The van der Waals surface area contributed by atoms with Crippen LogP contribution in [0.15, 0.2) is 41.2 Å². The van der Waals surface area contributed by atoms with E-state index in [9.17, 15) is 34.8 Å². The number of phenols is 1. The molecule has 5 rings (SSSR count). The first-order valence-electron chi connectivity index (χ1n) is 11.1. The monoisotopic (exact) mass is 479 g/mol. The third-order valence-corrected chi connectivity index (χ3v) is 7.55. The molecule has 3 aliphatic carbocycles. The summed E-state index contributed by atoms with van der Waals surface area (Å²) in [4.78, 5) is 40.3. The Balaban J connectivity index is 1.76. The summed E-state index contributed by atoms with van der Waals surface area (Å²) in [6.07, 6.45) is 0.272. The second kappa shape index (κ2) is 7.30. The van der Waals surface area contributed by atoms with E-state index in [0.29, 0.717) is 22.0 Å². The normalized spacial score (nSPS) is 28.3. The van der Waals surface area contributed by atoms with Gasteiger partial charge in [0.1, 0.15) is 22.8 Å². The van der Waals surface area contributed by atoms with Crippen molar-refractivity contribution in [1.29, 1.82) is 0 Å². The standard InChI is InChI=1S/C25H25N3O7/c1-28(2)18-14-8-11-6-10-5-9-7-12(26)3-4-13(9)19(29)15(10)20(30)16(11)22(32)25(14,35)23(33)17(21(18)31)24(27)34/h3-5,7,11,14,18,29-30,33,35H,6,8,26H2,1-2H3,(H2,27,34)/t11-,14-,18-,25-/m0/s1. The Morgan fingerprint density at radius 1 is 1.14 bits per heavy atom. The van der Waals surface area contributed by atoms with Crippen LogP contribution in [0.5, 0.6) is 5.75 Å². The van der Waals surface area contributed by atoms with Gasteiger partial charge < -0.3 is 31.9 Å². The van der Waals surface area contributed by atoms with Crippen molar-refractivity contribution in [2.45, 2.75) is 24.5 Å². The highest BCUT2D eigenvalue weighted by Crippen LogP contribution is 2.53. The fourth-order valence-corrected chi connectivity index (χ4v) is 6.04. The molecule has 3 aliphatic rings. The van der Waals surface area contributed by atoms with Crippen LogP contribution in [0, 0.1) is 11.8 Å². The first-order chi connectivity index (χ1) is 16.4. The van der Waals surface area contributed by atoms with E-state index < -0.39 is 58.0 Å². The lowest BCUT2D eigenvalue weighted by atomic mass is 9.57. The third-order valence-electron chi connectivity index (χ3n) is 7.55. The van der Waals surface area contributed by atoms with Gasteiger partial charge in [0.05, 0.1) is 11.6 Å². The first-order valence-corrected chi connectivity index (χ1v) is 11.1. The van der Waals surface area contributed by atoms with Crippen LogP contribution in [0.4, 0.5) is 5.69 Å². The molecule has 4 atom stereocenters. The van der Waals surface area contributed by atoms with Gasteiger partial charge in [-0.3, -0.25) is 19.3 Å². The number of amides is 1. The van der Waals surface area contributed by atoms with Crippen molar-refractivity contribution in [2.75, 3.05) is 19.8 Å². The van der Waals surface area contributed by atoms with Crippen molar-refractivity contribution in [3.05, 3.63) is 52.3 Å². The molecule has 10 heteroatoms. The van der Waals surface area contributed by atoms with Gasteiger partial charge in [0, 0.05) is 22.6 Å². The van der Waals surface area contributed by atoms with Gasteiger partial charge in [-0.1, -0.05) is 6.07 Å². The van der Waals surface area contributed by atoms with Gasteiger partial charge in [-0.05, 0) is 62.0 Å². The number of aliphatic hydroxyl groups excluding tert-OH is 2. The molecular formula is C25H25N3O7. The van der Waals surface area contributed by atoms with Gasteiger partial charge in [0.2, 0.25) is 5.78 Å². The average molecular weight is 479 g/mol. The molecule has 0 aromatic heterocycles. The highest BCUT2D eigenvalue weighted by Gasteiger charge is 2.64. The largest absolute Gasteiger partial charge is 0.508 e. The molecule has 1 fully saturated rings.